The Kier molecular flexibility index (Phi) is 11.8. The minimum Gasteiger partial charge on any atom is -0.330 e. The maximum atomic E-state index is 14.4. The van der Waals surface area contributed by atoms with E-state index in [2.05, 4.69) is 51.5 Å². The summed E-state index contributed by atoms with van der Waals surface area (Å²) in [6, 6.07) is 15.7. The third-order valence-electron chi connectivity index (χ3n) is 10.3. The second kappa shape index (κ2) is 15.7. The number of rotatable bonds is 14. The highest BCUT2D eigenvalue weighted by Gasteiger charge is 2.35. The summed E-state index contributed by atoms with van der Waals surface area (Å²) in [5.41, 5.74) is 8.70. The number of unbranched alkanes of at least 4 members (excludes halogenated alkanes) is 1. The molecular weight excluding hydrogens is 537 g/mol. The second-order valence-electron chi connectivity index (χ2n) is 13.7. The number of halogens is 1. The number of pyridine rings is 1. The number of aryl methyl sites for hydroxylation is 1. The predicted octanol–water partition coefficient (Wildman–Crippen LogP) is 5.83. The maximum Gasteiger partial charge on any atom is 0.136 e. The molecule has 6 nitrogen and oxygen atoms in total. The van der Waals surface area contributed by atoms with Gasteiger partial charge in [-0.2, -0.15) is 0 Å². The number of nitrogens with two attached hydrogens (primary N) is 1. The number of aromatic nitrogens is 1. The Morgan fingerprint density at radius 3 is 2.77 bits per heavy atom. The molecule has 1 aromatic heterocycles. The molecule has 5 rings (SSSR count). The van der Waals surface area contributed by atoms with E-state index in [-0.39, 0.29) is 11.8 Å². The van der Waals surface area contributed by atoms with Crippen molar-refractivity contribution in [2.45, 2.75) is 101 Å². The molecule has 3 aliphatic rings. The van der Waals surface area contributed by atoms with Gasteiger partial charge in [-0.05, 0) is 114 Å². The number of benzene rings is 1. The number of fused-ring (bicyclic) bond motifs is 1. The van der Waals surface area contributed by atoms with E-state index < -0.39 is 5.67 Å². The van der Waals surface area contributed by atoms with Gasteiger partial charge in [0.1, 0.15) is 11.5 Å². The van der Waals surface area contributed by atoms with Crippen LogP contribution in [0.3, 0.4) is 0 Å². The van der Waals surface area contributed by atoms with Crippen molar-refractivity contribution in [3.63, 3.8) is 0 Å². The van der Waals surface area contributed by atoms with Gasteiger partial charge in [-0.15, -0.1) is 0 Å². The molecule has 0 bridgehead atoms. The van der Waals surface area contributed by atoms with Gasteiger partial charge in [-0.1, -0.05) is 36.4 Å². The van der Waals surface area contributed by atoms with Crippen LogP contribution in [0.25, 0.3) is 0 Å². The van der Waals surface area contributed by atoms with E-state index in [4.69, 9.17) is 10.7 Å². The zero-order valence-corrected chi connectivity index (χ0v) is 26.4. The van der Waals surface area contributed by atoms with Gasteiger partial charge in [0.2, 0.25) is 0 Å². The zero-order chi connectivity index (χ0) is 30.1. The molecule has 236 valence electrons. The largest absolute Gasteiger partial charge is 0.330 e. The topological polar surface area (TPSA) is 74.5 Å². The fourth-order valence-electron chi connectivity index (χ4n) is 7.68. The second-order valence-corrected chi connectivity index (χ2v) is 13.7. The quantitative estimate of drug-likeness (QED) is 0.270. The van der Waals surface area contributed by atoms with Crippen molar-refractivity contribution in [3.05, 3.63) is 65.5 Å². The van der Waals surface area contributed by atoms with E-state index in [1.807, 2.05) is 12.3 Å². The van der Waals surface area contributed by atoms with E-state index in [1.54, 1.807) is 6.92 Å². The highest BCUT2D eigenvalue weighted by molar-refractivity contribution is 5.82. The van der Waals surface area contributed by atoms with Crippen molar-refractivity contribution in [3.8, 4) is 0 Å². The molecule has 2 aliphatic carbocycles. The van der Waals surface area contributed by atoms with E-state index in [1.165, 1.54) is 29.7 Å². The average molecular weight is 592 g/mol. The minimum atomic E-state index is -1.11. The molecule has 0 unspecified atom stereocenters. The summed E-state index contributed by atoms with van der Waals surface area (Å²) in [4.78, 5) is 23.5. The van der Waals surface area contributed by atoms with Crippen molar-refractivity contribution in [2.24, 2.45) is 11.7 Å². The van der Waals surface area contributed by atoms with Crippen LogP contribution in [-0.4, -0.2) is 78.1 Å². The molecule has 1 saturated carbocycles. The van der Waals surface area contributed by atoms with Crippen molar-refractivity contribution in [1.29, 1.82) is 0 Å². The summed E-state index contributed by atoms with van der Waals surface area (Å²) in [6.45, 7) is 8.51. The van der Waals surface area contributed by atoms with Crippen LogP contribution in [0.5, 0.6) is 0 Å². The molecule has 2 aromatic rings. The predicted molar refractivity (Wildman–Crippen MR) is 173 cm³/mol. The highest BCUT2D eigenvalue weighted by atomic mass is 19.1. The van der Waals surface area contributed by atoms with Crippen LogP contribution in [0.2, 0.25) is 0 Å². The van der Waals surface area contributed by atoms with Crippen LogP contribution in [0.15, 0.2) is 48.7 Å². The molecule has 1 aliphatic heterocycles. The maximum absolute atomic E-state index is 14.4. The van der Waals surface area contributed by atoms with E-state index in [0.29, 0.717) is 50.0 Å². The molecule has 3 N–H and O–H groups in total. The van der Waals surface area contributed by atoms with Gasteiger partial charge in [0.15, 0.2) is 0 Å². The summed E-state index contributed by atoms with van der Waals surface area (Å²) >= 11 is 0. The molecule has 7 heteroatoms. The number of Topliss-reactive ketones (excluding diaryl/α,β-unsaturated/α-hetero) is 1. The zero-order valence-electron chi connectivity index (χ0n) is 26.4. The van der Waals surface area contributed by atoms with Crippen LogP contribution in [-0.2, 0) is 11.2 Å². The van der Waals surface area contributed by atoms with Crippen LogP contribution in [0.1, 0.15) is 99.9 Å². The number of hydrogen-bond donors (Lipinski definition) is 2. The molecule has 2 heterocycles. The van der Waals surface area contributed by atoms with Crippen LogP contribution in [0.4, 0.5) is 4.39 Å². The molecule has 1 saturated heterocycles. The first-order valence-corrected chi connectivity index (χ1v) is 17.0. The van der Waals surface area contributed by atoms with E-state index in [9.17, 15) is 9.18 Å². The molecular formula is C36H54FN5O. The molecule has 0 radical (unpaired) electrons. The monoisotopic (exact) mass is 591 g/mol. The Morgan fingerprint density at radius 1 is 1.16 bits per heavy atom. The Labute approximate surface area is 259 Å². The van der Waals surface area contributed by atoms with Gasteiger partial charge in [-0.3, -0.25) is 14.7 Å². The number of carbonyl (C=O) groups excluding carboxylic acids is 1. The Balaban J connectivity index is 1.20. The summed E-state index contributed by atoms with van der Waals surface area (Å²) in [5, 5.41) is 3.82. The number of carbonyl (C=O) groups is 1. The van der Waals surface area contributed by atoms with Crippen LogP contribution >= 0.6 is 0 Å². The standard InChI is InChI=1S/C36H54FN5O/c1-36(37)17-14-29(15-18-36)34(43)25-31(28-9-3-2-4-10-28)16-23-41-24-21-39-32(26-41)27-42(22-6-5-19-38)33-13-7-11-30-12-8-20-40-35(30)33/h2-4,8-10,12,20,29,31-33,39H,5-7,11,13-19,21-27,38H2,1H3/t29?,31-,32+,33-,36?/m0/s1. The van der Waals surface area contributed by atoms with Crippen molar-refractivity contribution in [2.75, 3.05) is 45.8 Å². The fourth-order valence-corrected chi connectivity index (χ4v) is 7.68. The summed E-state index contributed by atoms with van der Waals surface area (Å²) < 4.78 is 14.4. The summed E-state index contributed by atoms with van der Waals surface area (Å²) in [6.07, 6.45) is 11.6. The minimum absolute atomic E-state index is 0.0169. The lowest BCUT2D eigenvalue weighted by molar-refractivity contribution is -0.125. The number of alkyl halides is 1. The lowest BCUT2D eigenvalue weighted by atomic mass is 9.76. The van der Waals surface area contributed by atoms with Crippen LogP contribution < -0.4 is 11.1 Å². The first-order chi connectivity index (χ1) is 20.9. The molecule has 2 fully saturated rings. The smallest absolute Gasteiger partial charge is 0.136 e. The third-order valence-corrected chi connectivity index (χ3v) is 10.3. The number of ketones is 1. The SMILES string of the molecule is CC1(F)CCC(C(=O)C[C@H](CCN2CCN[C@@H](CN(CCCCN)[C@H]3CCCc4cccnc43)C2)c2ccccc2)CC1. The van der Waals surface area contributed by atoms with Gasteiger partial charge < -0.3 is 16.0 Å². The Morgan fingerprint density at radius 2 is 1.98 bits per heavy atom. The normalized spacial score (nSPS) is 27.1. The summed E-state index contributed by atoms with van der Waals surface area (Å²) in [7, 11) is 0. The highest BCUT2D eigenvalue weighted by Crippen LogP contribution is 2.37. The number of hydrogen-bond acceptors (Lipinski definition) is 6. The Bertz CT molecular complexity index is 1130. The lowest BCUT2D eigenvalue weighted by Gasteiger charge is -2.41. The van der Waals surface area contributed by atoms with Crippen molar-refractivity contribution >= 4 is 5.78 Å². The molecule has 3 atom stereocenters. The number of piperazine rings is 1. The van der Waals surface area contributed by atoms with Gasteiger partial charge in [0.25, 0.3) is 0 Å². The van der Waals surface area contributed by atoms with E-state index in [0.717, 1.165) is 71.5 Å². The molecule has 0 amide bonds. The third kappa shape index (κ3) is 9.16. The van der Waals surface area contributed by atoms with Crippen molar-refractivity contribution in [1.82, 2.24) is 20.1 Å². The average Bonchev–Trinajstić information content (AvgIpc) is 3.03. The first-order valence-electron chi connectivity index (χ1n) is 17.0. The van der Waals surface area contributed by atoms with Gasteiger partial charge in [0.05, 0.1) is 11.7 Å². The number of nitrogens with one attached hydrogen (secondary N) is 1. The van der Waals surface area contributed by atoms with Gasteiger partial charge in [-0.25, -0.2) is 4.39 Å². The fraction of sp³-hybridized carbons (Fsp3) is 0.667. The van der Waals surface area contributed by atoms with Gasteiger partial charge >= 0.3 is 0 Å². The molecule has 0 spiro atoms. The van der Waals surface area contributed by atoms with E-state index >= 15 is 0 Å². The molecule has 1 aromatic carbocycles. The summed E-state index contributed by atoms with van der Waals surface area (Å²) in [5.74, 6) is 0.554. The van der Waals surface area contributed by atoms with Crippen LogP contribution in [0, 0.1) is 5.92 Å². The first kappa shape index (κ1) is 32.2. The van der Waals surface area contributed by atoms with Gasteiger partial charge in [0, 0.05) is 50.8 Å². The van der Waals surface area contributed by atoms with Crippen molar-refractivity contribution < 1.29 is 9.18 Å². The number of nitrogens with zero attached hydrogens (tertiary/aromatic N) is 3. The molecule has 43 heavy (non-hydrogen) atoms. The lowest BCUT2D eigenvalue weighted by Crippen LogP contribution is -2.55. The Hall–Kier alpha value is -2.19.